The molecule has 1 atom stereocenters. The lowest BCUT2D eigenvalue weighted by molar-refractivity contribution is -0.139. The van der Waals surface area contributed by atoms with Crippen molar-refractivity contribution in [1.82, 2.24) is 9.44 Å². The fourth-order valence-corrected chi connectivity index (χ4v) is 2.00. The number of amides is 1. The van der Waals surface area contributed by atoms with Crippen molar-refractivity contribution in [2.24, 2.45) is 0 Å². The Labute approximate surface area is 107 Å². The molecule has 2 N–H and O–H groups in total. The number of carbonyl (C=O) groups is 2. The first kappa shape index (κ1) is 16.1. The molecule has 0 rings (SSSR count). The maximum absolute atomic E-state index is 11.2. The topological polar surface area (TPSA) is 111 Å². The molecule has 8 nitrogen and oxygen atoms in total. The molecule has 0 fully saturated rings. The van der Waals surface area contributed by atoms with Crippen LogP contribution in [0.15, 0.2) is 0 Å². The van der Waals surface area contributed by atoms with E-state index in [1.165, 1.54) is 14.0 Å². The van der Waals surface area contributed by atoms with Gasteiger partial charge in [0.05, 0.1) is 13.7 Å². The van der Waals surface area contributed by atoms with Crippen LogP contribution in [-0.4, -0.2) is 45.6 Å². The summed E-state index contributed by atoms with van der Waals surface area (Å²) in [6, 6.07) is 0. The molecule has 0 heterocycles. The van der Waals surface area contributed by atoms with E-state index in [0.29, 0.717) is 0 Å². The predicted molar refractivity (Wildman–Crippen MR) is 61.8 cm³/mol. The molecule has 0 saturated heterocycles. The Hall–Kier alpha value is -0.870. The van der Waals surface area contributed by atoms with E-state index in [1.807, 2.05) is 4.72 Å². The molecule has 0 aromatic heterocycles. The van der Waals surface area contributed by atoms with Crippen molar-refractivity contribution in [3.05, 3.63) is 0 Å². The smallest absolute Gasteiger partial charge is 0.421 e. The number of nitrogens with one attached hydrogen (secondary N) is 2. The third kappa shape index (κ3) is 7.13. The molecule has 0 aliphatic carbocycles. The highest BCUT2D eigenvalue weighted by Gasteiger charge is 2.20. The van der Waals surface area contributed by atoms with Gasteiger partial charge >= 0.3 is 22.3 Å². The van der Waals surface area contributed by atoms with E-state index in [1.54, 1.807) is 4.72 Å². The third-order valence-electron chi connectivity index (χ3n) is 1.40. The fourth-order valence-electron chi connectivity index (χ4n) is 0.700. The second-order valence-electron chi connectivity index (χ2n) is 2.67. The van der Waals surface area contributed by atoms with Crippen LogP contribution in [0.5, 0.6) is 0 Å². The minimum Gasteiger partial charge on any atom is -0.468 e. The third-order valence-corrected chi connectivity index (χ3v) is 3.08. The Morgan fingerprint density at radius 2 is 2.00 bits per heavy atom. The Balaban J connectivity index is 4.19. The molecule has 0 radical (unpaired) electrons. The summed E-state index contributed by atoms with van der Waals surface area (Å²) in [6.07, 6.45) is -1.09. The molecule has 0 spiro atoms. The molecule has 0 aromatic carbocycles. The summed E-state index contributed by atoms with van der Waals surface area (Å²) in [7, 11) is -2.88. The van der Waals surface area contributed by atoms with Gasteiger partial charge in [-0.3, -0.25) is 4.79 Å². The number of esters is 1. The zero-order valence-electron chi connectivity index (χ0n) is 9.23. The first-order chi connectivity index (χ1) is 7.82. The number of ether oxygens (including phenoxy) is 2. The van der Waals surface area contributed by atoms with Gasteiger partial charge in [0.1, 0.15) is 4.83 Å². The minimum atomic E-state index is -4.05. The number of hydrogen-bond donors (Lipinski definition) is 2. The standard InChI is InChI=1S/C7H13BrN2O6S/c1-3-16-7(12)10-17(13,14)9-4-5(8)6(11)15-2/h5,9H,3-4H2,1-2H3,(H,10,12). The molecular formula is C7H13BrN2O6S. The highest BCUT2D eigenvalue weighted by molar-refractivity contribution is 9.10. The van der Waals surface area contributed by atoms with E-state index in [0.717, 1.165) is 0 Å². The molecule has 10 heteroatoms. The predicted octanol–water partition coefficient (Wildman–Crippen LogP) is -0.497. The van der Waals surface area contributed by atoms with Crippen LogP contribution in [0.25, 0.3) is 0 Å². The average molecular weight is 333 g/mol. The molecule has 0 aromatic rings. The van der Waals surface area contributed by atoms with Gasteiger partial charge in [0.15, 0.2) is 0 Å². The Bertz CT molecular complexity index is 371. The van der Waals surface area contributed by atoms with Crippen LogP contribution in [-0.2, 0) is 24.5 Å². The van der Waals surface area contributed by atoms with Gasteiger partial charge < -0.3 is 9.47 Å². The molecule has 1 amide bonds. The molecular weight excluding hydrogens is 320 g/mol. The highest BCUT2D eigenvalue weighted by Crippen LogP contribution is 2.00. The summed E-state index contributed by atoms with van der Waals surface area (Å²) < 4.78 is 34.8. The van der Waals surface area contributed by atoms with Crippen LogP contribution in [0, 0.1) is 0 Å². The van der Waals surface area contributed by atoms with E-state index < -0.39 is 27.1 Å². The number of hydrogen-bond acceptors (Lipinski definition) is 6. The maximum atomic E-state index is 11.2. The van der Waals surface area contributed by atoms with Gasteiger partial charge in [0, 0.05) is 6.54 Å². The number of methoxy groups -OCH3 is 1. The lowest BCUT2D eigenvalue weighted by Gasteiger charge is -2.10. The molecule has 0 saturated carbocycles. The van der Waals surface area contributed by atoms with Crippen LogP contribution in [0.2, 0.25) is 0 Å². The minimum absolute atomic E-state index is 0.0462. The monoisotopic (exact) mass is 332 g/mol. The van der Waals surface area contributed by atoms with Gasteiger partial charge in [-0.05, 0) is 6.92 Å². The second kappa shape index (κ2) is 7.45. The summed E-state index contributed by atoms with van der Waals surface area (Å²) in [4.78, 5) is 20.9. The maximum Gasteiger partial charge on any atom is 0.421 e. The van der Waals surface area contributed by atoms with Crippen molar-refractivity contribution >= 4 is 38.2 Å². The van der Waals surface area contributed by atoms with Crippen LogP contribution in [0.3, 0.4) is 0 Å². The fraction of sp³-hybridized carbons (Fsp3) is 0.714. The van der Waals surface area contributed by atoms with Crippen molar-refractivity contribution in [2.45, 2.75) is 11.8 Å². The Morgan fingerprint density at radius 3 is 2.47 bits per heavy atom. The average Bonchev–Trinajstić information content (AvgIpc) is 2.24. The molecule has 0 aliphatic heterocycles. The largest absolute Gasteiger partial charge is 0.468 e. The van der Waals surface area contributed by atoms with Gasteiger partial charge in [-0.15, -0.1) is 0 Å². The Kier molecular flexibility index (Phi) is 7.07. The summed E-state index contributed by atoms with van der Waals surface area (Å²) >= 11 is 2.91. The van der Waals surface area contributed by atoms with Crippen molar-refractivity contribution in [3.8, 4) is 0 Å². The number of rotatable bonds is 6. The number of carbonyl (C=O) groups excluding carboxylic acids is 2. The first-order valence-electron chi connectivity index (χ1n) is 4.48. The molecule has 0 aliphatic rings. The van der Waals surface area contributed by atoms with Crippen molar-refractivity contribution in [2.75, 3.05) is 20.3 Å². The van der Waals surface area contributed by atoms with Crippen molar-refractivity contribution in [3.63, 3.8) is 0 Å². The van der Waals surface area contributed by atoms with E-state index in [9.17, 15) is 18.0 Å². The SMILES string of the molecule is CCOC(=O)NS(=O)(=O)NCC(Br)C(=O)OC. The Morgan fingerprint density at radius 1 is 1.41 bits per heavy atom. The summed E-state index contributed by atoms with van der Waals surface area (Å²) in [5.74, 6) is -0.635. The van der Waals surface area contributed by atoms with Gasteiger partial charge in [0.25, 0.3) is 0 Å². The van der Waals surface area contributed by atoms with E-state index in [2.05, 4.69) is 25.4 Å². The van der Waals surface area contributed by atoms with Crippen LogP contribution < -0.4 is 9.44 Å². The van der Waals surface area contributed by atoms with Crippen LogP contribution in [0.1, 0.15) is 6.92 Å². The number of alkyl halides is 1. The van der Waals surface area contributed by atoms with E-state index >= 15 is 0 Å². The molecule has 100 valence electrons. The second-order valence-corrected chi connectivity index (χ2v) is 5.27. The van der Waals surface area contributed by atoms with Crippen molar-refractivity contribution < 1.29 is 27.5 Å². The van der Waals surface area contributed by atoms with E-state index in [-0.39, 0.29) is 13.2 Å². The molecule has 1 unspecified atom stereocenters. The molecule has 0 bridgehead atoms. The normalized spacial score (nSPS) is 12.6. The highest BCUT2D eigenvalue weighted by atomic mass is 79.9. The van der Waals surface area contributed by atoms with E-state index in [4.69, 9.17) is 0 Å². The summed E-state index contributed by atoms with van der Waals surface area (Å²) in [5.41, 5.74) is 0. The summed E-state index contributed by atoms with van der Waals surface area (Å²) in [6.45, 7) is 1.32. The zero-order chi connectivity index (χ0) is 13.5. The van der Waals surface area contributed by atoms with Gasteiger partial charge in [0.2, 0.25) is 0 Å². The zero-order valence-corrected chi connectivity index (χ0v) is 11.6. The quantitative estimate of drug-likeness (QED) is 0.501. The first-order valence-corrected chi connectivity index (χ1v) is 6.88. The summed E-state index contributed by atoms with van der Waals surface area (Å²) in [5, 5.41) is 0. The van der Waals surface area contributed by atoms with Crippen LogP contribution >= 0.6 is 15.9 Å². The van der Waals surface area contributed by atoms with Gasteiger partial charge in [-0.2, -0.15) is 13.1 Å². The van der Waals surface area contributed by atoms with Gasteiger partial charge in [-0.1, -0.05) is 15.9 Å². The van der Waals surface area contributed by atoms with Crippen LogP contribution in [0.4, 0.5) is 4.79 Å². The van der Waals surface area contributed by atoms with Crippen molar-refractivity contribution in [1.29, 1.82) is 0 Å². The lowest BCUT2D eigenvalue weighted by atomic mass is 10.4. The lowest BCUT2D eigenvalue weighted by Crippen LogP contribution is -2.43. The number of halogens is 1. The van der Waals surface area contributed by atoms with Gasteiger partial charge in [-0.25, -0.2) is 9.52 Å². The molecule has 17 heavy (non-hydrogen) atoms.